The van der Waals surface area contributed by atoms with Gasteiger partial charge in [-0.2, -0.15) is 12.1 Å². The van der Waals surface area contributed by atoms with E-state index in [-0.39, 0.29) is 25.0 Å². The summed E-state index contributed by atoms with van der Waals surface area (Å²) >= 11 is 0. The Morgan fingerprint density at radius 3 is 1.71 bits per heavy atom. The molecule has 0 aromatic heterocycles. The van der Waals surface area contributed by atoms with Gasteiger partial charge in [0.1, 0.15) is 0 Å². The van der Waals surface area contributed by atoms with E-state index in [0.29, 0.717) is 5.66 Å². The van der Waals surface area contributed by atoms with Crippen molar-refractivity contribution in [2.75, 3.05) is 0 Å². The maximum Gasteiger partial charge on any atom is 0 e. The summed E-state index contributed by atoms with van der Waals surface area (Å²) in [6.07, 6.45) is 0. The van der Waals surface area contributed by atoms with Gasteiger partial charge >= 0.3 is 0 Å². The van der Waals surface area contributed by atoms with Crippen molar-refractivity contribution in [3.05, 3.63) is 84.9 Å². The third kappa shape index (κ3) is 5.64. The number of benzene rings is 1. The van der Waals surface area contributed by atoms with Crippen molar-refractivity contribution >= 4 is 18.5 Å². The first-order chi connectivity index (χ1) is 9.79. The monoisotopic (exact) mass is 336 g/mol. The second-order valence-electron chi connectivity index (χ2n) is 4.90. The summed E-state index contributed by atoms with van der Waals surface area (Å²) in [6, 6.07) is 29.6. The third-order valence-corrected chi connectivity index (χ3v) is 5.77. The van der Waals surface area contributed by atoms with Gasteiger partial charge in [-0.25, -0.2) is 12.1 Å². The zero-order chi connectivity index (χ0) is 14.2. The SMILES string of the molecule is CC(C)P(c1ccccc1)[c-]1cccc1.[Fe].[cH-]1[cH-][cH-][cH-][cH-]1. The normalized spacial score (nSPS) is 11.2. The fourth-order valence-corrected chi connectivity index (χ4v) is 4.66. The van der Waals surface area contributed by atoms with Crippen molar-refractivity contribution in [3.8, 4) is 0 Å². The minimum absolute atomic E-state index is 0. The molecule has 1 atom stereocenters. The molecular weight excluding hydrogens is 315 g/mol. The van der Waals surface area contributed by atoms with Crippen molar-refractivity contribution in [2.45, 2.75) is 19.5 Å². The van der Waals surface area contributed by atoms with Gasteiger partial charge in [0.15, 0.2) is 0 Å². The smallest absolute Gasteiger partial charge is 0 e. The van der Waals surface area contributed by atoms with Crippen LogP contribution in [0.3, 0.4) is 0 Å². The van der Waals surface area contributed by atoms with E-state index in [1.54, 1.807) is 0 Å². The summed E-state index contributed by atoms with van der Waals surface area (Å²) in [7, 11) is -0.173. The Morgan fingerprint density at radius 2 is 1.29 bits per heavy atom. The molecule has 0 saturated carbocycles. The van der Waals surface area contributed by atoms with E-state index in [2.05, 4.69) is 68.4 Å². The average Bonchev–Trinajstić information content (AvgIpc) is 3.16. The van der Waals surface area contributed by atoms with Crippen molar-refractivity contribution in [1.82, 2.24) is 0 Å². The molecule has 0 spiro atoms. The third-order valence-electron chi connectivity index (χ3n) is 3.03. The van der Waals surface area contributed by atoms with Crippen molar-refractivity contribution in [2.24, 2.45) is 0 Å². The topological polar surface area (TPSA) is 0 Å². The van der Waals surface area contributed by atoms with Crippen LogP contribution in [0.1, 0.15) is 13.8 Å². The first-order valence-corrected chi connectivity index (χ1v) is 8.43. The van der Waals surface area contributed by atoms with Crippen LogP contribution in [-0.4, -0.2) is 5.66 Å². The fraction of sp³-hybridized carbons (Fsp3) is 0.158. The Morgan fingerprint density at radius 1 is 0.810 bits per heavy atom. The van der Waals surface area contributed by atoms with E-state index in [1.807, 2.05) is 30.3 Å². The summed E-state index contributed by atoms with van der Waals surface area (Å²) in [5.74, 6) is 0. The molecule has 0 heterocycles. The molecule has 2 heteroatoms. The Kier molecular flexibility index (Phi) is 8.31. The van der Waals surface area contributed by atoms with Crippen molar-refractivity contribution < 1.29 is 17.1 Å². The molecule has 0 aliphatic rings. The van der Waals surface area contributed by atoms with Crippen molar-refractivity contribution in [3.63, 3.8) is 0 Å². The Bertz CT molecular complexity index is 536. The standard InChI is InChI=1S/C14H16P.C5H5.Fe/c1-12(2)15(14-10-6-7-11-14)13-8-4-3-5-9-13;1-2-4-5-3-1;/h3-12H,1-2H3;1-5H;/q-1;-5;. The summed E-state index contributed by atoms with van der Waals surface area (Å²) in [4.78, 5) is 0. The molecule has 0 saturated heterocycles. The van der Waals surface area contributed by atoms with Gasteiger partial charge < -0.3 is 30.3 Å². The largest absolute Gasteiger partial charge is 0.748 e. The molecule has 3 aromatic rings. The van der Waals surface area contributed by atoms with Crippen LogP contribution in [0.15, 0.2) is 84.9 Å². The molecule has 0 amide bonds. The summed E-state index contributed by atoms with van der Waals surface area (Å²) in [6.45, 7) is 4.62. The molecule has 0 aliphatic heterocycles. The second-order valence-corrected chi connectivity index (χ2v) is 7.71. The molecular formula is C19H21FeP-6. The van der Waals surface area contributed by atoms with Gasteiger partial charge in [-0.3, -0.25) is 0 Å². The minimum atomic E-state index is -0.173. The summed E-state index contributed by atoms with van der Waals surface area (Å²) < 4.78 is 0. The van der Waals surface area contributed by atoms with Gasteiger partial charge in [0.25, 0.3) is 0 Å². The Hall–Kier alpha value is -1.13. The predicted octanol–water partition coefficient (Wildman–Crippen LogP) is 4.65. The van der Waals surface area contributed by atoms with Gasteiger partial charge in [-0.05, 0) is 11.0 Å². The summed E-state index contributed by atoms with van der Waals surface area (Å²) in [5, 5.41) is 2.97. The zero-order valence-corrected chi connectivity index (χ0v) is 14.5. The van der Waals surface area contributed by atoms with Gasteiger partial charge in [-0.15, -0.1) is 13.2 Å². The maximum absolute atomic E-state index is 2.31. The van der Waals surface area contributed by atoms with E-state index >= 15 is 0 Å². The van der Waals surface area contributed by atoms with Crippen LogP contribution in [0.4, 0.5) is 0 Å². The van der Waals surface area contributed by atoms with Gasteiger partial charge in [0.2, 0.25) is 0 Å². The maximum atomic E-state index is 2.31. The number of hydrogen-bond donors (Lipinski definition) is 0. The van der Waals surface area contributed by atoms with Gasteiger partial charge in [0, 0.05) is 17.1 Å². The minimum Gasteiger partial charge on any atom is -0.748 e. The molecule has 3 aromatic carbocycles. The molecule has 1 unspecified atom stereocenters. The molecule has 3 rings (SSSR count). The molecule has 116 valence electrons. The van der Waals surface area contributed by atoms with E-state index < -0.39 is 0 Å². The van der Waals surface area contributed by atoms with E-state index in [0.717, 1.165) is 0 Å². The molecule has 0 radical (unpaired) electrons. The number of rotatable bonds is 3. The van der Waals surface area contributed by atoms with Gasteiger partial charge in [-0.1, -0.05) is 44.2 Å². The van der Waals surface area contributed by atoms with Crippen LogP contribution in [0.25, 0.3) is 0 Å². The quantitative estimate of drug-likeness (QED) is 0.371. The molecule has 0 N–H and O–H groups in total. The van der Waals surface area contributed by atoms with Crippen LogP contribution >= 0.6 is 7.92 Å². The Labute approximate surface area is 140 Å². The average molecular weight is 336 g/mol. The predicted molar refractivity (Wildman–Crippen MR) is 91.8 cm³/mol. The van der Waals surface area contributed by atoms with Crippen LogP contribution in [-0.2, 0) is 17.1 Å². The molecule has 0 fully saturated rings. The first-order valence-electron chi connectivity index (χ1n) is 7.01. The van der Waals surface area contributed by atoms with Gasteiger partial charge in [0.05, 0.1) is 0 Å². The van der Waals surface area contributed by atoms with Crippen molar-refractivity contribution in [1.29, 1.82) is 0 Å². The second kappa shape index (κ2) is 9.74. The molecule has 0 nitrogen and oxygen atoms in total. The van der Waals surface area contributed by atoms with E-state index in [4.69, 9.17) is 0 Å². The molecule has 21 heavy (non-hydrogen) atoms. The van der Waals surface area contributed by atoms with E-state index in [9.17, 15) is 0 Å². The first kappa shape index (κ1) is 17.9. The fourth-order valence-electron chi connectivity index (χ4n) is 2.18. The Balaban J connectivity index is 0.000000313. The number of hydrogen-bond acceptors (Lipinski definition) is 0. The zero-order valence-electron chi connectivity index (χ0n) is 12.5. The molecule has 0 bridgehead atoms. The van der Waals surface area contributed by atoms with Crippen LogP contribution in [0.2, 0.25) is 0 Å². The van der Waals surface area contributed by atoms with E-state index in [1.165, 1.54) is 10.6 Å². The summed E-state index contributed by atoms with van der Waals surface area (Å²) in [5.41, 5.74) is 0.699. The van der Waals surface area contributed by atoms with Crippen LogP contribution in [0, 0.1) is 0 Å². The van der Waals surface area contributed by atoms with Crippen LogP contribution in [0.5, 0.6) is 0 Å². The molecule has 0 aliphatic carbocycles. The van der Waals surface area contributed by atoms with Crippen LogP contribution < -0.4 is 10.6 Å².